The fraction of sp³-hybridized carbons (Fsp3) is 0.250. The number of carbonyl (C=O) groups is 3. The molecule has 2 aromatic heterocycles. The van der Waals surface area contributed by atoms with Crippen molar-refractivity contribution < 1.29 is 24.2 Å². The highest BCUT2D eigenvalue weighted by molar-refractivity contribution is 6.16. The number of hydrogen-bond donors (Lipinski definition) is 4. The molecular weight excluding hydrogens is 612 g/mol. The van der Waals surface area contributed by atoms with E-state index >= 15 is 0 Å². The lowest BCUT2D eigenvalue weighted by Crippen LogP contribution is -2.23. The summed E-state index contributed by atoms with van der Waals surface area (Å²) in [5.74, 6) is -2.36. The SMILES string of the molecule is COc1ccc(-c2ccccc2C(=NCCC(CC(=O)O)C(=O)Cc2[nH]nc3nc(NC(=O)C(C)C)[nH]c(=O)c23)c2ccccc2)cc1. The summed E-state index contributed by atoms with van der Waals surface area (Å²) in [4.78, 5) is 62.0. The number of ether oxygens (including phenoxy) is 1. The molecule has 48 heavy (non-hydrogen) atoms. The van der Waals surface area contributed by atoms with Gasteiger partial charge in [0.2, 0.25) is 11.9 Å². The zero-order valence-corrected chi connectivity index (χ0v) is 26.8. The number of ketones is 1. The van der Waals surface area contributed by atoms with E-state index in [1.165, 1.54) is 0 Å². The van der Waals surface area contributed by atoms with Crippen LogP contribution in [0.15, 0.2) is 88.6 Å². The summed E-state index contributed by atoms with van der Waals surface area (Å²) >= 11 is 0. The first-order valence-electron chi connectivity index (χ1n) is 15.5. The number of amides is 1. The maximum atomic E-state index is 13.5. The minimum Gasteiger partial charge on any atom is -0.497 e. The second-order valence-electron chi connectivity index (χ2n) is 11.6. The van der Waals surface area contributed by atoms with Crippen molar-refractivity contribution in [1.82, 2.24) is 20.2 Å². The number of carboxylic acid groups (broad SMARTS) is 1. The average molecular weight is 649 g/mol. The van der Waals surface area contributed by atoms with Gasteiger partial charge in [-0.2, -0.15) is 10.1 Å². The minimum atomic E-state index is -1.12. The Bertz CT molecular complexity index is 2010. The molecule has 12 heteroatoms. The van der Waals surface area contributed by atoms with Gasteiger partial charge in [0.15, 0.2) is 5.65 Å². The number of aliphatic imine (C=N–C) groups is 1. The van der Waals surface area contributed by atoms with E-state index in [4.69, 9.17) is 9.73 Å². The van der Waals surface area contributed by atoms with Crippen molar-refractivity contribution >= 4 is 40.4 Å². The molecule has 0 aliphatic heterocycles. The molecule has 0 fully saturated rings. The molecule has 12 nitrogen and oxygen atoms in total. The van der Waals surface area contributed by atoms with Gasteiger partial charge in [-0.15, -0.1) is 0 Å². The Morgan fingerprint density at radius 3 is 2.38 bits per heavy atom. The van der Waals surface area contributed by atoms with Crippen LogP contribution in [-0.4, -0.2) is 62.3 Å². The highest BCUT2D eigenvalue weighted by atomic mass is 16.5. The number of aliphatic carboxylic acids is 1. The fourth-order valence-corrected chi connectivity index (χ4v) is 5.32. The van der Waals surface area contributed by atoms with Gasteiger partial charge >= 0.3 is 5.97 Å². The van der Waals surface area contributed by atoms with Crippen molar-refractivity contribution in [2.24, 2.45) is 16.8 Å². The number of Topliss-reactive ketones (excluding diaryl/α,β-unsaturated/α-hetero) is 1. The van der Waals surface area contributed by atoms with Crippen LogP contribution in [0.3, 0.4) is 0 Å². The largest absolute Gasteiger partial charge is 0.497 e. The molecule has 1 unspecified atom stereocenters. The topological polar surface area (TPSA) is 179 Å². The zero-order valence-electron chi connectivity index (χ0n) is 26.8. The van der Waals surface area contributed by atoms with E-state index in [1.807, 2.05) is 78.9 Å². The molecule has 1 atom stereocenters. The normalized spacial score (nSPS) is 12.2. The Kier molecular flexibility index (Phi) is 10.5. The molecule has 2 heterocycles. The summed E-state index contributed by atoms with van der Waals surface area (Å²) in [7, 11) is 1.62. The number of nitrogens with one attached hydrogen (secondary N) is 3. The highest BCUT2D eigenvalue weighted by Crippen LogP contribution is 2.28. The lowest BCUT2D eigenvalue weighted by molar-refractivity contribution is -0.140. The third kappa shape index (κ3) is 7.89. The molecule has 0 aliphatic rings. The number of aromatic amines is 2. The predicted octanol–water partition coefficient (Wildman–Crippen LogP) is 5.05. The highest BCUT2D eigenvalue weighted by Gasteiger charge is 2.25. The predicted molar refractivity (Wildman–Crippen MR) is 182 cm³/mol. The molecule has 0 bridgehead atoms. The number of H-pyrrole nitrogens is 2. The number of carbonyl (C=O) groups excluding carboxylic acids is 2. The number of methoxy groups -OCH3 is 1. The van der Waals surface area contributed by atoms with Crippen LogP contribution in [0.2, 0.25) is 0 Å². The minimum absolute atomic E-state index is 0.0306. The second-order valence-corrected chi connectivity index (χ2v) is 11.6. The third-order valence-corrected chi connectivity index (χ3v) is 7.87. The number of anilines is 1. The van der Waals surface area contributed by atoms with Crippen molar-refractivity contribution in [2.75, 3.05) is 19.0 Å². The van der Waals surface area contributed by atoms with Gasteiger partial charge in [-0.3, -0.25) is 39.6 Å². The summed E-state index contributed by atoms with van der Waals surface area (Å²) < 4.78 is 5.33. The summed E-state index contributed by atoms with van der Waals surface area (Å²) in [6.07, 6.45) is -0.492. The van der Waals surface area contributed by atoms with Crippen LogP contribution in [0.5, 0.6) is 5.75 Å². The summed E-state index contributed by atoms with van der Waals surface area (Å²) in [5, 5.41) is 19.0. The average Bonchev–Trinajstić information content (AvgIpc) is 3.49. The van der Waals surface area contributed by atoms with E-state index in [9.17, 15) is 24.3 Å². The van der Waals surface area contributed by atoms with Crippen LogP contribution >= 0.6 is 0 Å². The maximum Gasteiger partial charge on any atom is 0.304 e. The van der Waals surface area contributed by atoms with Crippen LogP contribution in [0.4, 0.5) is 5.95 Å². The Labute approximate surface area is 276 Å². The van der Waals surface area contributed by atoms with E-state index in [-0.39, 0.29) is 59.7 Å². The maximum absolute atomic E-state index is 13.5. The molecule has 5 aromatic rings. The Balaban J connectivity index is 1.40. The smallest absolute Gasteiger partial charge is 0.304 e. The molecule has 0 aliphatic carbocycles. The third-order valence-electron chi connectivity index (χ3n) is 7.87. The van der Waals surface area contributed by atoms with Gasteiger partial charge in [-0.25, -0.2) is 0 Å². The van der Waals surface area contributed by atoms with Crippen LogP contribution in [0.25, 0.3) is 22.2 Å². The van der Waals surface area contributed by atoms with E-state index in [0.717, 1.165) is 28.0 Å². The van der Waals surface area contributed by atoms with E-state index in [0.29, 0.717) is 5.71 Å². The van der Waals surface area contributed by atoms with E-state index in [1.54, 1.807) is 21.0 Å². The van der Waals surface area contributed by atoms with E-state index in [2.05, 4.69) is 25.5 Å². The lowest BCUT2D eigenvalue weighted by Gasteiger charge is -2.15. The standard InChI is InChI=1S/C36H36N6O6/c1-21(2)34(46)39-36-38-33-31(35(47)40-36)28(41-42-33)20-29(43)24(19-30(44)45)17-18-37-32(23-9-5-4-6-10-23)27-12-8-7-11-26(27)22-13-15-25(48-3)16-14-22/h4-16,21,24H,17-20H2,1-3H3,(H,44,45)(H3,38,39,40,41,42,46,47). The number of fused-ring (bicyclic) bond motifs is 1. The molecule has 3 aromatic carbocycles. The lowest BCUT2D eigenvalue weighted by atomic mass is 9.92. The van der Waals surface area contributed by atoms with Crippen LogP contribution < -0.4 is 15.6 Å². The number of aromatic nitrogens is 4. The van der Waals surface area contributed by atoms with Gasteiger partial charge < -0.3 is 9.84 Å². The number of nitrogens with zero attached hydrogens (tertiary/aromatic N) is 3. The first kappa shape index (κ1) is 33.5. The van der Waals surface area contributed by atoms with Crippen molar-refractivity contribution in [1.29, 1.82) is 0 Å². The first-order valence-corrected chi connectivity index (χ1v) is 15.5. The van der Waals surface area contributed by atoms with Gasteiger partial charge in [-0.05, 0) is 29.7 Å². The summed E-state index contributed by atoms with van der Waals surface area (Å²) in [5.41, 5.74) is 4.05. The van der Waals surface area contributed by atoms with Crippen LogP contribution in [-0.2, 0) is 20.8 Å². The van der Waals surface area contributed by atoms with Gasteiger partial charge in [0.1, 0.15) is 16.9 Å². The number of rotatable bonds is 14. The van der Waals surface area contributed by atoms with Crippen molar-refractivity contribution in [3.63, 3.8) is 0 Å². The Morgan fingerprint density at radius 2 is 1.69 bits per heavy atom. The van der Waals surface area contributed by atoms with E-state index < -0.39 is 23.9 Å². The molecule has 5 rings (SSSR count). The van der Waals surface area contributed by atoms with Crippen LogP contribution in [0, 0.1) is 11.8 Å². The summed E-state index contributed by atoms with van der Waals surface area (Å²) in [6, 6.07) is 25.3. The monoisotopic (exact) mass is 648 g/mol. The fourth-order valence-electron chi connectivity index (χ4n) is 5.32. The number of carboxylic acids is 1. The van der Waals surface area contributed by atoms with Gasteiger partial charge in [0.05, 0.1) is 24.9 Å². The molecule has 1 amide bonds. The molecule has 0 radical (unpaired) electrons. The van der Waals surface area contributed by atoms with Crippen molar-refractivity contribution in [3.05, 3.63) is 106 Å². The second kappa shape index (κ2) is 15.1. The van der Waals surface area contributed by atoms with Gasteiger partial charge in [-0.1, -0.05) is 80.6 Å². The van der Waals surface area contributed by atoms with Crippen molar-refractivity contribution in [3.8, 4) is 16.9 Å². The van der Waals surface area contributed by atoms with Crippen molar-refractivity contribution in [2.45, 2.75) is 33.1 Å². The molecule has 4 N–H and O–H groups in total. The van der Waals surface area contributed by atoms with Crippen LogP contribution in [0.1, 0.15) is 43.5 Å². The molecule has 0 saturated carbocycles. The number of benzene rings is 3. The molecule has 0 spiro atoms. The van der Waals surface area contributed by atoms with Gasteiger partial charge in [0.25, 0.3) is 5.56 Å². The molecule has 0 saturated heterocycles. The molecular formula is C36H36N6O6. The Hall–Kier alpha value is -5.91. The quantitative estimate of drug-likeness (QED) is 0.121. The first-order chi connectivity index (χ1) is 23.1. The summed E-state index contributed by atoms with van der Waals surface area (Å²) in [6.45, 7) is 3.58. The molecule has 246 valence electrons. The zero-order chi connectivity index (χ0) is 34.2. The number of hydrogen-bond acceptors (Lipinski definition) is 8. The Morgan fingerprint density at radius 1 is 0.979 bits per heavy atom. The van der Waals surface area contributed by atoms with Gasteiger partial charge in [0, 0.05) is 35.9 Å².